The molecule has 0 saturated carbocycles. The maximum atomic E-state index is 14.8. The maximum Gasteiger partial charge on any atom is 0.490 e. The highest BCUT2D eigenvalue weighted by Crippen LogP contribution is 2.27. The zero-order chi connectivity index (χ0) is 31.2. The van der Waals surface area contributed by atoms with Crippen LogP contribution in [0.4, 0.5) is 36.6 Å². The average molecular weight is 593 g/mol. The lowest BCUT2D eigenvalue weighted by molar-refractivity contribution is -0.192. The lowest BCUT2D eigenvalue weighted by Crippen LogP contribution is -2.31. The van der Waals surface area contributed by atoms with Crippen LogP contribution in [0.25, 0.3) is 5.69 Å². The van der Waals surface area contributed by atoms with Crippen molar-refractivity contribution in [3.8, 4) is 11.4 Å². The van der Waals surface area contributed by atoms with Crippen molar-refractivity contribution in [1.82, 2.24) is 4.57 Å². The molecular formula is C24H18F7N3O7. The van der Waals surface area contributed by atoms with Gasteiger partial charge in [-0.2, -0.15) is 13.2 Å². The van der Waals surface area contributed by atoms with Crippen LogP contribution in [0.5, 0.6) is 5.75 Å². The number of aliphatic carboxylic acids is 2. The molecule has 3 rings (SSSR count). The molecule has 0 radical (unpaired) electrons. The van der Waals surface area contributed by atoms with Crippen LogP contribution in [0.2, 0.25) is 0 Å². The van der Waals surface area contributed by atoms with Gasteiger partial charge in [0, 0.05) is 30.7 Å². The highest BCUT2D eigenvalue weighted by Gasteiger charge is 2.38. The molecule has 1 atom stereocenters. The number of rotatable bonds is 8. The van der Waals surface area contributed by atoms with Gasteiger partial charge in [0.15, 0.2) is 17.4 Å². The number of ether oxygens (including phenoxy) is 1. The fraction of sp³-hybridized carbons (Fsp3) is 0.167. The minimum absolute atomic E-state index is 0.142. The van der Waals surface area contributed by atoms with E-state index in [4.69, 9.17) is 31.2 Å². The molecule has 0 fully saturated rings. The van der Waals surface area contributed by atoms with E-state index in [9.17, 15) is 45.1 Å². The summed E-state index contributed by atoms with van der Waals surface area (Å²) in [4.78, 5) is 44.7. The molecule has 0 aliphatic heterocycles. The van der Waals surface area contributed by atoms with Gasteiger partial charge in [-0.3, -0.25) is 19.0 Å². The summed E-state index contributed by atoms with van der Waals surface area (Å²) in [6.07, 6.45) is -5.23. The Labute approximate surface area is 224 Å². The number of hydrogen-bond acceptors (Lipinski definition) is 7. The second-order valence-corrected chi connectivity index (χ2v) is 7.88. The lowest BCUT2D eigenvalue weighted by Gasteiger charge is -2.16. The number of hydrogen-bond donors (Lipinski definition) is 4. The van der Waals surface area contributed by atoms with Crippen molar-refractivity contribution in [3.63, 3.8) is 0 Å². The Hall–Kier alpha value is -4.93. The van der Waals surface area contributed by atoms with Crippen LogP contribution in [-0.4, -0.2) is 51.3 Å². The standard InChI is InChI=1S/C22H17F4N3O5.C2HF3O2/c23-10-1-2-12(14(24)7-10)20(31)13-3-4-18(30)29(21(13)28)19-15(25)8-11(9-16(19)26)34-6-5-17(27)22(32)33;3-2(4,5)1(6)7/h1-4,7-9,17H,5-6,27-28H2,(H,32,33);(H,6,7)/t17-;/m1./s1. The van der Waals surface area contributed by atoms with Gasteiger partial charge in [0.25, 0.3) is 5.56 Å². The second kappa shape index (κ2) is 12.9. The number of pyridine rings is 1. The molecule has 17 heteroatoms. The molecule has 0 unspecified atom stereocenters. The fourth-order valence-corrected chi connectivity index (χ4v) is 3.06. The van der Waals surface area contributed by atoms with Crippen LogP contribution < -0.4 is 21.8 Å². The number of nitrogen functional groups attached to an aromatic ring is 1. The van der Waals surface area contributed by atoms with E-state index in [1.54, 1.807) is 0 Å². The van der Waals surface area contributed by atoms with Crippen LogP contribution in [-0.2, 0) is 9.59 Å². The number of nitrogens with two attached hydrogens (primary N) is 2. The Morgan fingerprint density at radius 1 is 0.902 bits per heavy atom. The summed E-state index contributed by atoms with van der Waals surface area (Å²) < 4.78 is 94.0. The monoisotopic (exact) mass is 593 g/mol. The first kappa shape index (κ1) is 32.3. The van der Waals surface area contributed by atoms with Gasteiger partial charge in [0.2, 0.25) is 0 Å². The summed E-state index contributed by atoms with van der Waals surface area (Å²) in [5.74, 6) is -10.8. The van der Waals surface area contributed by atoms with E-state index in [1.165, 1.54) is 0 Å². The number of halogens is 7. The maximum absolute atomic E-state index is 14.8. The Bertz CT molecular complexity index is 1520. The van der Waals surface area contributed by atoms with Crippen LogP contribution in [0.1, 0.15) is 22.3 Å². The minimum atomic E-state index is -5.08. The molecule has 0 bridgehead atoms. The third-order valence-corrected chi connectivity index (χ3v) is 5.02. The van der Waals surface area contributed by atoms with Gasteiger partial charge in [-0.25, -0.2) is 22.4 Å². The van der Waals surface area contributed by atoms with Crippen LogP contribution in [0.15, 0.2) is 47.3 Å². The first-order valence-electron chi connectivity index (χ1n) is 10.9. The Morgan fingerprint density at radius 2 is 1.44 bits per heavy atom. The molecule has 6 N–H and O–H groups in total. The second-order valence-electron chi connectivity index (χ2n) is 7.88. The topological polar surface area (TPSA) is 175 Å². The number of benzene rings is 2. The van der Waals surface area contributed by atoms with E-state index in [-0.39, 0.29) is 18.8 Å². The molecule has 41 heavy (non-hydrogen) atoms. The first-order valence-corrected chi connectivity index (χ1v) is 10.9. The van der Waals surface area contributed by atoms with Gasteiger partial charge >= 0.3 is 18.1 Å². The third-order valence-electron chi connectivity index (χ3n) is 5.02. The molecule has 3 aromatic rings. The van der Waals surface area contributed by atoms with E-state index in [1.807, 2.05) is 0 Å². The van der Waals surface area contributed by atoms with Gasteiger partial charge in [0.1, 0.15) is 34.9 Å². The molecule has 1 aromatic heterocycles. The van der Waals surface area contributed by atoms with Crippen molar-refractivity contribution < 1.29 is 60.1 Å². The van der Waals surface area contributed by atoms with Crippen molar-refractivity contribution in [1.29, 1.82) is 0 Å². The molecule has 2 aromatic carbocycles. The Kier molecular flexibility index (Phi) is 10.2. The number of carbonyl (C=O) groups excluding carboxylic acids is 1. The Balaban J connectivity index is 0.000000745. The fourth-order valence-electron chi connectivity index (χ4n) is 3.06. The van der Waals surface area contributed by atoms with Gasteiger partial charge < -0.3 is 26.4 Å². The zero-order valence-electron chi connectivity index (χ0n) is 20.2. The molecule has 1 heterocycles. The average Bonchev–Trinajstić information content (AvgIpc) is 2.85. The smallest absolute Gasteiger partial charge is 0.490 e. The molecule has 0 spiro atoms. The third kappa shape index (κ3) is 8.04. The molecule has 0 saturated heterocycles. The molecular weight excluding hydrogens is 575 g/mol. The first-order chi connectivity index (χ1) is 18.9. The van der Waals surface area contributed by atoms with Gasteiger partial charge in [0.05, 0.1) is 17.7 Å². The minimum Gasteiger partial charge on any atom is -0.493 e. The number of alkyl halides is 3. The van der Waals surface area contributed by atoms with Crippen LogP contribution in [0, 0.1) is 23.3 Å². The molecule has 220 valence electrons. The highest BCUT2D eigenvalue weighted by atomic mass is 19.4. The number of carboxylic acids is 2. The van der Waals surface area contributed by atoms with Crippen molar-refractivity contribution in [2.75, 3.05) is 12.3 Å². The van der Waals surface area contributed by atoms with E-state index in [0.29, 0.717) is 10.6 Å². The number of carboxylic acid groups (broad SMARTS) is 2. The molecule has 0 amide bonds. The van der Waals surface area contributed by atoms with E-state index >= 15 is 0 Å². The van der Waals surface area contributed by atoms with Crippen molar-refractivity contribution >= 4 is 23.5 Å². The van der Waals surface area contributed by atoms with Gasteiger partial charge in [-0.1, -0.05) is 0 Å². The Morgan fingerprint density at radius 3 is 1.93 bits per heavy atom. The predicted molar refractivity (Wildman–Crippen MR) is 126 cm³/mol. The summed E-state index contributed by atoms with van der Waals surface area (Å²) in [5.41, 5.74) is 8.25. The van der Waals surface area contributed by atoms with Crippen LogP contribution in [0.3, 0.4) is 0 Å². The zero-order valence-corrected chi connectivity index (χ0v) is 20.2. The summed E-state index contributed by atoms with van der Waals surface area (Å²) in [5, 5.41) is 15.9. The summed E-state index contributed by atoms with van der Waals surface area (Å²) in [6.45, 7) is -0.263. The summed E-state index contributed by atoms with van der Waals surface area (Å²) in [6, 6.07) is 4.16. The SMILES string of the molecule is Nc1c(C(=O)c2ccc(F)cc2F)ccc(=O)n1-c1c(F)cc(OCC[C@@H](N)C(=O)O)cc1F.O=C(O)C(F)(F)F. The van der Waals surface area contributed by atoms with Gasteiger partial charge in [-0.05, 0) is 18.2 Å². The molecule has 0 aliphatic carbocycles. The lowest BCUT2D eigenvalue weighted by atomic mass is 10.0. The van der Waals surface area contributed by atoms with Crippen molar-refractivity contribution in [2.45, 2.75) is 18.6 Å². The largest absolute Gasteiger partial charge is 0.493 e. The molecule has 0 aliphatic rings. The predicted octanol–water partition coefficient (Wildman–Crippen LogP) is 3.02. The van der Waals surface area contributed by atoms with Gasteiger partial charge in [-0.15, -0.1) is 0 Å². The van der Waals surface area contributed by atoms with Crippen molar-refractivity contribution in [2.24, 2.45) is 5.73 Å². The summed E-state index contributed by atoms with van der Waals surface area (Å²) >= 11 is 0. The van der Waals surface area contributed by atoms with E-state index < -0.39 is 81.4 Å². The van der Waals surface area contributed by atoms with E-state index in [0.717, 1.165) is 36.4 Å². The van der Waals surface area contributed by atoms with E-state index in [2.05, 4.69) is 0 Å². The number of nitrogens with zero attached hydrogens (tertiary/aromatic N) is 1. The summed E-state index contributed by atoms with van der Waals surface area (Å²) in [7, 11) is 0. The van der Waals surface area contributed by atoms with Crippen LogP contribution >= 0.6 is 0 Å². The highest BCUT2D eigenvalue weighted by molar-refractivity contribution is 6.11. The number of carbonyl (C=O) groups is 3. The number of anilines is 1. The van der Waals surface area contributed by atoms with Crippen molar-refractivity contribution in [3.05, 3.63) is 87.2 Å². The number of aromatic nitrogens is 1. The quantitative estimate of drug-likeness (QED) is 0.226. The molecule has 10 nitrogen and oxygen atoms in total. The number of ketones is 1. The normalized spacial score (nSPS) is 11.7.